The number of anilines is 2. The van der Waals surface area contributed by atoms with Crippen molar-refractivity contribution in [1.29, 1.82) is 0 Å². The van der Waals surface area contributed by atoms with Crippen molar-refractivity contribution in [1.82, 2.24) is 14.8 Å². The van der Waals surface area contributed by atoms with Gasteiger partial charge in [-0.25, -0.2) is 0 Å². The maximum absolute atomic E-state index is 12.9. The molecule has 1 aromatic carbocycles. The monoisotopic (exact) mass is 453 g/mol. The van der Waals surface area contributed by atoms with E-state index >= 15 is 0 Å². The van der Waals surface area contributed by atoms with Gasteiger partial charge in [-0.05, 0) is 68.5 Å². The number of carbonyl (C=O) groups is 1. The van der Waals surface area contributed by atoms with Crippen LogP contribution in [0, 0.1) is 5.92 Å². The van der Waals surface area contributed by atoms with E-state index in [9.17, 15) is 4.79 Å². The molecule has 0 saturated carbocycles. The zero-order chi connectivity index (χ0) is 22.5. The van der Waals surface area contributed by atoms with E-state index in [0.717, 1.165) is 25.3 Å². The molecule has 1 fully saturated rings. The van der Waals surface area contributed by atoms with Crippen molar-refractivity contribution >= 4 is 29.0 Å². The maximum atomic E-state index is 12.9. The lowest BCUT2D eigenvalue weighted by molar-refractivity contribution is -0.115. The van der Waals surface area contributed by atoms with Crippen LogP contribution in [0.4, 0.5) is 11.4 Å². The molecule has 0 bridgehead atoms. The fourth-order valence-electron chi connectivity index (χ4n) is 3.86. The predicted molar refractivity (Wildman–Crippen MR) is 129 cm³/mol. The second-order valence-corrected chi connectivity index (χ2v) is 9.94. The van der Waals surface area contributed by atoms with Crippen molar-refractivity contribution < 1.29 is 9.21 Å². The molecule has 2 aromatic heterocycles. The number of amides is 1. The lowest BCUT2D eigenvalue weighted by Gasteiger charge is -2.28. The van der Waals surface area contributed by atoms with Gasteiger partial charge in [0.15, 0.2) is 16.7 Å². The molecule has 8 heteroatoms. The first kappa shape index (κ1) is 22.5. The first-order chi connectivity index (χ1) is 15.5. The summed E-state index contributed by atoms with van der Waals surface area (Å²) in [7, 11) is 0. The summed E-state index contributed by atoms with van der Waals surface area (Å²) in [6, 6.07) is 11.9. The Balaban J connectivity index is 1.41. The van der Waals surface area contributed by atoms with Gasteiger partial charge in [0.1, 0.15) is 0 Å². The number of aromatic nitrogens is 3. The molecule has 1 unspecified atom stereocenters. The summed E-state index contributed by atoms with van der Waals surface area (Å²) in [6.07, 6.45) is 5.43. The number of hydrogen-bond donors (Lipinski definition) is 1. The Hall–Kier alpha value is -2.74. The molecular weight excluding hydrogens is 422 g/mol. The van der Waals surface area contributed by atoms with Gasteiger partial charge in [0.05, 0.1) is 11.5 Å². The van der Waals surface area contributed by atoms with E-state index in [1.54, 1.807) is 6.26 Å². The molecule has 0 aliphatic carbocycles. The number of rotatable bonds is 8. The molecule has 1 N–H and O–H groups in total. The van der Waals surface area contributed by atoms with Crippen LogP contribution in [0.5, 0.6) is 0 Å². The van der Waals surface area contributed by atoms with Gasteiger partial charge in [0.2, 0.25) is 5.91 Å². The van der Waals surface area contributed by atoms with Crippen molar-refractivity contribution in [3.63, 3.8) is 0 Å². The summed E-state index contributed by atoms with van der Waals surface area (Å²) in [6.45, 7) is 9.14. The molecule has 3 heterocycles. The molecule has 0 spiro atoms. The summed E-state index contributed by atoms with van der Waals surface area (Å²) in [4.78, 5) is 15.3. The Morgan fingerprint density at radius 2 is 1.84 bits per heavy atom. The van der Waals surface area contributed by atoms with Crippen molar-refractivity contribution in [3.05, 3.63) is 42.7 Å². The fraction of sp³-hybridized carbons (Fsp3) is 0.458. The van der Waals surface area contributed by atoms with Gasteiger partial charge in [-0.3, -0.25) is 9.36 Å². The third kappa shape index (κ3) is 5.35. The predicted octanol–water partition coefficient (Wildman–Crippen LogP) is 5.30. The van der Waals surface area contributed by atoms with Gasteiger partial charge >= 0.3 is 0 Å². The highest BCUT2D eigenvalue weighted by Crippen LogP contribution is 2.29. The van der Waals surface area contributed by atoms with Gasteiger partial charge in [0.25, 0.3) is 0 Å². The van der Waals surface area contributed by atoms with Crippen LogP contribution >= 0.6 is 11.8 Å². The Labute approximate surface area is 193 Å². The zero-order valence-electron chi connectivity index (χ0n) is 19.0. The Morgan fingerprint density at radius 1 is 1.09 bits per heavy atom. The van der Waals surface area contributed by atoms with Crippen LogP contribution in [-0.4, -0.2) is 39.0 Å². The quantitative estimate of drug-likeness (QED) is 0.466. The first-order valence-corrected chi connectivity index (χ1v) is 12.2. The fourth-order valence-corrected chi connectivity index (χ4v) is 4.72. The van der Waals surface area contributed by atoms with Crippen molar-refractivity contribution in [2.45, 2.75) is 57.0 Å². The van der Waals surface area contributed by atoms with Crippen molar-refractivity contribution in [2.75, 3.05) is 23.3 Å². The molecule has 1 aliphatic rings. The van der Waals surface area contributed by atoms with E-state index in [2.05, 4.69) is 46.4 Å². The van der Waals surface area contributed by atoms with Crippen LogP contribution in [0.3, 0.4) is 0 Å². The molecule has 1 aliphatic heterocycles. The standard InChI is InChI=1S/C24H31N5O2S/c1-17(2)16-29-22(21-8-7-15-31-21)26-27-24(29)32-18(3)23(30)25-19-9-11-20(12-10-19)28-13-5-4-6-14-28/h7-12,15,17-18H,4-6,13-14,16H2,1-3H3,(H,25,30). The largest absolute Gasteiger partial charge is 0.461 e. The highest BCUT2D eigenvalue weighted by atomic mass is 32.2. The highest BCUT2D eigenvalue weighted by molar-refractivity contribution is 8.00. The number of nitrogens with one attached hydrogen (secondary N) is 1. The molecule has 1 saturated heterocycles. The number of piperidine rings is 1. The Bertz CT molecular complexity index is 1010. The van der Waals surface area contributed by atoms with Crippen LogP contribution in [0.25, 0.3) is 11.6 Å². The van der Waals surface area contributed by atoms with Crippen LogP contribution in [0.2, 0.25) is 0 Å². The van der Waals surface area contributed by atoms with Crippen LogP contribution in [0.1, 0.15) is 40.0 Å². The van der Waals surface area contributed by atoms with Gasteiger partial charge in [-0.1, -0.05) is 25.6 Å². The molecule has 1 atom stereocenters. The number of carbonyl (C=O) groups excluding carboxylic acids is 1. The summed E-state index contributed by atoms with van der Waals surface area (Å²) in [5.74, 6) is 1.71. The second kappa shape index (κ2) is 10.3. The van der Waals surface area contributed by atoms with Gasteiger partial charge in [-0.2, -0.15) is 0 Å². The van der Waals surface area contributed by atoms with E-state index in [-0.39, 0.29) is 11.2 Å². The third-order valence-electron chi connectivity index (χ3n) is 5.51. The Morgan fingerprint density at radius 3 is 2.50 bits per heavy atom. The van der Waals surface area contributed by atoms with E-state index in [0.29, 0.717) is 22.7 Å². The van der Waals surface area contributed by atoms with Crippen LogP contribution in [0.15, 0.2) is 52.2 Å². The summed E-state index contributed by atoms with van der Waals surface area (Å²) in [5, 5.41) is 12.1. The molecule has 7 nitrogen and oxygen atoms in total. The second-order valence-electron chi connectivity index (χ2n) is 8.63. The van der Waals surface area contributed by atoms with Crippen molar-refractivity contribution in [3.8, 4) is 11.6 Å². The summed E-state index contributed by atoms with van der Waals surface area (Å²) in [5.41, 5.74) is 2.03. The molecular formula is C24H31N5O2S. The lowest BCUT2D eigenvalue weighted by Crippen LogP contribution is -2.29. The normalized spacial score (nSPS) is 15.2. The van der Waals surface area contributed by atoms with Gasteiger partial charge < -0.3 is 14.6 Å². The van der Waals surface area contributed by atoms with Crippen LogP contribution < -0.4 is 10.2 Å². The third-order valence-corrected chi connectivity index (χ3v) is 6.59. The molecule has 170 valence electrons. The zero-order valence-corrected chi connectivity index (χ0v) is 19.8. The lowest BCUT2D eigenvalue weighted by atomic mass is 10.1. The van der Waals surface area contributed by atoms with E-state index in [4.69, 9.17) is 4.42 Å². The van der Waals surface area contributed by atoms with E-state index in [1.807, 2.05) is 35.8 Å². The van der Waals surface area contributed by atoms with Crippen molar-refractivity contribution in [2.24, 2.45) is 5.92 Å². The number of hydrogen-bond acceptors (Lipinski definition) is 6. The minimum Gasteiger partial charge on any atom is -0.461 e. The average Bonchev–Trinajstić information content (AvgIpc) is 3.45. The van der Waals surface area contributed by atoms with Gasteiger partial charge in [-0.15, -0.1) is 10.2 Å². The van der Waals surface area contributed by atoms with E-state index in [1.165, 1.54) is 36.7 Å². The van der Waals surface area contributed by atoms with E-state index < -0.39 is 0 Å². The smallest absolute Gasteiger partial charge is 0.237 e. The molecule has 32 heavy (non-hydrogen) atoms. The summed E-state index contributed by atoms with van der Waals surface area (Å²) < 4.78 is 7.56. The topological polar surface area (TPSA) is 76.2 Å². The minimum absolute atomic E-state index is 0.0561. The number of nitrogens with zero attached hydrogens (tertiary/aromatic N) is 4. The van der Waals surface area contributed by atoms with Gasteiger partial charge in [0, 0.05) is 31.0 Å². The first-order valence-electron chi connectivity index (χ1n) is 11.3. The molecule has 3 aromatic rings. The number of furan rings is 1. The maximum Gasteiger partial charge on any atom is 0.237 e. The summed E-state index contributed by atoms with van der Waals surface area (Å²) >= 11 is 1.41. The highest BCUT2D eigenvalue weighted by Gasteiger charge is 2.22. The number of thioether (sulfide) groups is 1. The Kier molecular flexibility index (Phi) is 7.19. The SMILES string of the molecule is CC(C)Cn1c(SC(C)C(=O)Nc2ccc(N3CCCCC3)cc2)nnc1-c1ccco1. The molecule has 0 radical (unpaired) electrons. The average molecular weight is 454 g/mol. The molecule has 1 amide bonds. The molecule has 4 rings (SSSR count). The van der Waals surface area contributed by atoms with Crippen LogP contribution in [-0.2, 0) is 11.3 Å². The number of benzene rings is 1. The minimum atomic E-state index is -0.323.